The fraction of sp³-hybridized carbons (Fsp3) is 0.682. The van der Waals surface area contributed by atoms with Gasteiger partial charge in [0, 0.05) is 38.8 Å². The number of ether oxygens (including phenoxy) is 3. The molecule has 1 unspecified atom stereocenters. The van der Waals surface area contributed by atoms with E-state index in [4.69, 9.17) is 19.2 Å². The molecule has 0 saturated heterocycles. The summed E-state index contributed by atoms with van der Waals surface area (Å²) < 4.78 is 17.0. The minimum Gasteiger partial charge on any atom is -0.487 e. The maximum atomic E-state index is 6.47. The number of guanidine groups is 1. The van der Waals surface area contributed by atoms with Crippen LogP contribution in [0.2, 0.25) is 0 Å². The van der Waals surface area contributed by atoms with Crippen LogP contribution >= 0.6 is 24.0 Å². The number of rotatable bonds is 9. The monoisotopic (exact) mass is 517 g/mol. The Morgan fingerprint density at radius 2 is 2.00 bits per heavy atom. The molecule has 1 atom stereocenters. The van der Waals surface area contributed by atoms with Crippen molar-refractivity contribution in [3.05, 3.63) is 29.8 Å². The average molecular weight is 517 g/mol. The number of fused-ring (bicyclic) bond motifs is 1. The van der Waals surface area contributed by atoms with Crippen LogP contribution in [-0.2, 0) is 9.47 Å². The Labute approximate surface area is 192 Å². The first kappa shape index (κ1) is 24.2. The molecular formula is C22H36IN3O3. The van der Waals surface area contributed by atoms with Crippen LogP contribution in [0.5, 0.6) is 5.75 Å². The number of hydrogen-bond acceptors (Lipinski definition) is 4. The number of para-hydroxylation sites is 1. The van der Waals surface area contributed by atoms with E-state index in [1.807, 2.05) is 0 Å². The van der Waals surface area contributed by atoms with Crippen LogP contribution in [0.3, 0.4) is 0 Å². The predicted octanol–water partition coefficient (Wildman–Crippen LogP) is 4.05. The van der Waals surface area contributed by atoms with E-state index in [9.17, 15) is 0 Å². The Kier molecular flexibility index (Phi) is 10.5. The van der Waals surface area contributed by atoms with Gasteiger partial charge in [0.1, 0.15) is 11.4 Å². The summed E-state index contributed by atoms with van der Waals surface area (Å²) in [4.78, 5) is 4.76. The van der Waals surface area contributed by atoms with Gasteiger partial charge < -0.3 is 24.8 Å². The van der Waals surface area contributed by atoms with Crippen LogP contribution in [0.25, 0.3) is 0 Å². The Morgan fingerprint density at radius 3 is 2.76 bits per heavy atom. The van der Waals surface area contributed by atoms with Gasteiger partial charge in [-0.1, -0.05) is 18.2 Å². The SMILES string of the molecule is CCNC(=NCCCOCCOC)NC1CC2(CCCC2)Oc2ccccc21.I. The van der Waals surface area contributed by atoms with Crippen LogP contribution in [0, 0.1) is 0 Å². The van der Waals surface area contributed by atoms with E-state index < -0.39 is 0 Å². The number of aliphatic imine (C=N–C) groups is 1. The summed E-state index contributed by atoms with van der Waals surface area (Å²) in [6.07, 6.45) is 6.69. The number of nitrogens with one attached hydrogen (secondary N) is 2. The third kappa shape index (κ3) is 7.00. The van der Waals surface area contributed by atoms with Crippen LogP contribution in [-0.4, -0.2) is 51.6 Å². The smallest absolute Gasteiger partial charge is 0.191 e. The van der Waals surface area contributed by atoms with Crippen molar-refractivity contribution in [1.29, 1.82) is 0 Å². The van der Waals surface area contributed by atoms with Crippen molar-refractivity contribution < 1.29 is 14.2 Å². The van der Waals surface area contributed by atoms with Gasteiger partial charge in [-0.05, 0) is 45.1 Å². The van der Waals surface area contributed by atoms with E-state index >= 15 is 0 Å². The standard InChI is InChI=1S/C22H35N3O3.HI/c1-3-23-21(24-13-8-14-27-16-15-26-2)25-19-17-22(11-6-7-12-22)28-20-10-5-4-9-18(19)20;/h4-5,9-10,19H,3,6-8,11-17H2,1-2H3,(H2,23,24,25);1H. The minimum atomic E-state index is -0.0153. The van der Waals surface area contributed by atoms with Gasteiger partial charge in [0.15, 0.2) is 5.96 Å². The Balaban J connectivity index is 0.00000300. The Bertz CT molecular complexity index is 635. The molecule has 2 aliphatic rings. The highest BCUT2D eigenvalue weighted by Gasteiger charge is 2.43. The quantitative estimate of drug-likeness (QED) is 0.224. The summed E-state index contributed by atoms with van der Waals surface area (Å²) in [5.41, 5.74) is 1.21. The molecule has 1 heterocycles. The number of hydrogen-bond donors (Lipinski definition) is 2. The maximum Gasteiger partial charge on any atom is 0.191 e. The first-order valence-corrected chi connectivity index (χ1v) is 10.7. The van der Waals surface area contributed by atoms with Gasteiger partial charge in [-0.15, -0.1) is 24.0 Å². The second-order valence-electron chi connectivity index (χ2n) is 7.65. The highest BCUT2D eigenvalue weighted by molar-refractivity contribution is 14.0. The summed E-state index contributed by atoms with van der Waals surface area (Å²) >= 11 is 0. The molecule has 164 valence electrons. The Hall–Kier alpha value is -1.06. The molecule has 1 aromatic rings. The van der Waals surface area contributed by atoms with Crippen molar-refractivity contribution in [1.82, 2.24) is 10.6 Å². The second kappa shape index (κ2) is 12.6. The van der Waals surface area contributed by atoms with Crippen molar-refractivity contribution >= 4 is 29.9 Å². The predicted molar refractivity (Wildman–Crippen MR) is 127 cm³/mol. The van der Waals surface area contributed by atoms with E-state index in [-0.39, 0.29) is 35.6 Å². The highest BCUT2D eigenvalue weighted by atomic mass is 127. The lowest BCUT2D eigenvalue weighted by molar-refractivity contribution is 0.0396. The Morgan fingerprint density at radius 1 is 1.21 bits per heavy atom. The van der Waals surface area contributed by atoms with Crippen LogP contribution in [0.4, 0.5) is 0 Å². The molecule has 29 heavy (non-hydrogen) atoms. The lowest BCUT2D eigenvalue weighted by Crippen LogP contribution is -2.46. The summed E-state index contributed by atoms with van der Waals surface area (Å²) in [7, 11) is 1.69. The van der Waals surface area contributed by atoms with E-state index in [1.165, 1.54) is 18.4 Å². The molecule has 3 rings (SSSR count). The molecule has 6 nitrogen and oxygen atoms in total. The fourth-order valence-electron chi connectivity index (χ4n) is 4.16. The molecule has 7 heteroatoms. The topological polar surface area (TPSA) is 64.1 Å². The van der Waals surface area contributed by atoms with Crippen LogP contribution in [0.1, 0.15) is 57.1 Å². The number of methoxy groups -OCH3 is 1. The van der Waals surface area contributed by atoms with Crippen molar-refractivity contribution in [2.24, 2.45) is 4.99 Å². The molecule has 1 saturated carbocycles. The second-order valence-corrected chi connectivity index (χ2v) is 7.65. The normalized spacial score (nSPS) is 19.9. The summed E-state index contributed by atoms with van der Waals surface area (Å²) in [5.74, 6) is 1.89. The van der Waals surface area contributed by atoms with E-state index in [2.05, 4.69) is 41.8 Å². The first-order valence-electron chi connectivity index (χ1n) is 10.7. The fourth-order valence-corrected chi connectivity index (χ4v) is 4.16. The lowest BCUT2D eigenvalue weighted by Gasteiger charge is -2.40. The van der Waals surface area contributed by atoms with E-state index in [0.29, 0.717) is 19.8 Å². The number of benzene rings is 1. The summed E-state index contributed by atoms with van der Waals surface area (Å²) in [5, 5.41) is 7.06. The third-order valence-corrected chi connectivity index (χ3v) is 5.52. The molecule has 0 aromatic heterocycles. The van der Waals surface area contributed by atoms with Gasteiger partial charge >= 0.3 is 0 Å². The summed E-state index contributed by atoms with van der Waals surface area (Å²) in [6.45, 7) is 5.65. The zero-order chi connectivity index (χ0) is 19.7. The zero-order valence-corrected chi connectivity index (χ0v) is 20.1. The zero-order valence-electron chi connectivity index (χ0n) is 17.7. The first-order chi connectivity index (χ1) is 13.8. The minimum absolute atomic E-state index is 0. The lowest BCUT2D eigenvalue weighted by atomic mass is 9.86. The van der Waals surface area contributed by atoms with Gasteiger partial charge in [-0.3, -0.25) is 4.99 Å². The molecule has 1 aromatic carbocycles. The van der Waals surface area contributed by atoms with E-state index in [0.717, 1.165) is 50.5 Å². The van der Waals surface area contributed by atoms with Crippen LogP contribution in [0.15, 0.2) is 29.3 Å². The third-order valence-electron chi connectivity index (χ3n) is 5.52. The average Bonchev–Trinajstić information content (AvgIpc) is 3.14. The van der Waals surface area contributed by atoms with Gasteiger partial charge in [-0.25, -0.2) is 0 Å². The molecule has 0 amide bonds. The van der Waals surface area contributed by atoms with Crippen molar-refractivity contribution in [3.8, 4) is 5.75 Å². The maximum absolute atomic E-state index is 6.47. The highest BCUT2D eigenvalue weighted by Crippen LogP contribution is 2.46. The van der Waals surface area contributed by atoms with Gasteiger partial charge in [-0.2, -0.15) is 0 Å². The van der Waals surface area contributed by atoms with Crippen molar-refractivity contribution in [2.75, 3.05) is 40.0 Å². The van der Waals surface area contributed by atoms with Crippen LogP contribution < -0.4 is 15.4 Å². The molecule has 1 fully saturated rings. The number of halogens is 1. The molecular weight excluding hydrogens is 481 g/mol. The largest absolute Gasteiger partial charge is 0.487 e. The van der Waals surface area contributed by atoms with Crippen molar-refractivity contribution in [3.63, 3.8) is 0 Å². The molecule has 0 bridgehead atoms. The molecule has 2 N–H and O–H groups in total. The van der Waals surface area contributed by atoms with Crippen molar-refractivity contribution in [2.45, 2.75) is 57.1 Å². The molecule has 1 aliphatic carbocycles. The molecule has 1 aliphatic heterocycles. The molecule has 1 spiro atoms. The summed E-state index contributed by atoms with van der Waals surface area (Å²) in [6, 6.07) is 8.64. The van der Waals surface area contributed by atoms with Gasteiger partial charge in [0.2, 0.25) is 0 Å². The van der Waals surface area contributed by atoms with E-state index in [1.54, 1.807) is 7.11 Å². The molecule has 0 radical (unpaired) electrons. The number of nitrogens with zero attached hydrogens (tertiary/aromatic N) is 1. The van der Waals surface area contributed by atoms with Gasteiger partial charge in [0.25, 0.3) is 0 Å². The van der Waals surface area contributed by atoms with Gasteiger partial charge in [0.05, 0.1) is 19.3 Å².